The number of carbonyl (C=O) groups is 1. The molecule has 0 spiro atoms. The van der Waals surface area contributed by atoms with Crippen molar-refractivity contribution in [2.24, 2.45) is 0 Å². The van der Waals surface area contributed by atoms with E-state index in [0.29, 0.717) is 77.6 Å². The van der Waals surface area contributed by atoms with Crippen molar-refractivity contribution < 1.29 is 51.2 Å². The Labute approximate surface area is 227 Å². The Morgan fingerprint density at radius 2 is 1.18 bits per heavy atom. The molecule has 0 bridgehead atoms. The summed E-state index contributed by atoms with van der Waals surface area (Å²) in [6.07, 6.45) is 2.26. The Morgan fingerprint density at radius 1 is 0.684 bits per heavy atom. The minimum Gasteiger partial charge on any atom is -0.465 e. The molecule has 0 aliphatic heterocycles. The number of methoxy groups -OCH3 is 3. The molecule has 220 valence electrons. The molecule has 0 saturated heterocycles. The zero-order chi connectivity index (χ0) is 27.6. The maximum atomic E-state index is 12.2. The molecule has 1 aromatic rings. The molecule has 0 N–H and O–H groups in total. The second-order valence-electron chi connectivity index (χ2n) is 7.87. The first kappa shape index (κ1) is 34.5. The van der Waals surface area contributed by atoms with Crippen LogP contribution in [0.3, 0.4) is 0 Å². The molecule has 0 aromatic carbocycles. The van der Waals surface area contributed by atoms with Crippen LogP contribution >= 0.6 is 0 Å². The van der Waals surface area contributed by atoms with Crippen LogP contribution in [0.4, 0.5) is 0 Å². The van der Waals surface area contributed by atoms with E-state index in [9.17, 15) is 4.79 Å². The Balaban J connectivity index is 2.65. The van der Waals surface area contributed by atoms with E-state index in [4.69, 9.17) is 46.4 Å². The van der Waals surface area contributed by atoms with E-state index in [1.807, 2.05) is 6.07 Å². The molecule has 1 rings (SSSR count). The van der Waals surface area contributed by atoms with Crippen LogP contribution in [-0.4, -0.2) is 127 Å². The summed E-state index contributed by atoms with van der Waals surface area (Å²) in [6, 6.07) is 5.86. The van der Waals surface area contributed by atoms with Crippen LogP contribution in [0.25, 0.3) is 0 Å². The number of aromatic nitrogens is 1. The highest BCUT2D eigenvalue weighted by atomic mass is 28.4. The lowest BCUT2D eigenvalue weighted by molar-refractivity contribution is -0.143. The minimum atomic E-state index is -3.18. The smallest absolute Gasteiger partial charge is 0.465 e. The summed E-state index contributed by atoms with van der Waals surface area (Å²) in [5.41, 5.74) is 0.659. The van der Waals surface area contributed by atoms with Gasteiger partial charge in [-0.15, -0.1) is 0 Å². The number of ether oxygens (including phenoxy) is 7. The Hall–Kier alpha value is -1.52. The third-order valence-corrected chi connectivity index (χ3v) is 7.78. The van der Waals surface area contributed by atoms with E-state index in [-0.39, 0.29) is 38.8 Å². The first-order chi connectivity index (χ1) is 18.7. The minimum absolute atomic E-state index is 0.114. The number of nitrogens with zero attached hydrogens (tertiary/aromatic N) is 1. The van der Waals surface area contributed by atoms with Crippen molar-refractivity contribution >= 4 is 14.8 Å². The van der Waals surface area contributed by atoms with Gasteiger partial charge in [-0.3, -0.25) is 9.78 Å². The van der Waals surface area contributed by atoms with Gasteiger partial charge in [-0.1, -0.05) is 6.07 Å². The highest BCUT2D eigenvalue weighted by molar-refractivity contribution is 6.60. The first-order valence-electron chi connectivity index (χ1n) is 12.8. The summed E-state index contributed by atoms with van der Waals surface area (Å²) in [5.74, 6) is -0.344. The van der Waals surface area contributed by atoms with Crippen LogP contribution < -0.4 is 0 Å². The highest BCUT2D eigenvalue weighted by Gasteiger charge is 2.41. The van der Waals surface area contributed by atoms with Gasteiger partial charge in [0.1, 0.15) is 0 Å². The molecule has 0 fully saturated rings. The quantitative estimate of drug-likeness (QED) is 0.0876. The molecule has 38 heavy (non-hydrogen) atoms. The van der Waals surface area contributed by atoms with Crippen molar-refractivity contribution in [2.75, 3.05) is 107 Å². The number of rotatable bonds is 27. The van der Waals surface area contributed by atoms with Gasteiger partial charge in [-0.05, 0) is 18.6 Å². The zero-order valence-corrected chi connectivity index (χ0v) is 24.1. The largest absolute Gasteiger partial charge is 0.501 e. The molecule has 0 atom stereocenters. The molecule has 1 heterocycles. The van der Waals surface area contributed by atoms with E-state index < -0.39 is 8.80 Å². The number of esters is 1. The Kier molecular flexibility index (Phi) is 22.3. The molecule has 0 unspecified atom stereocenters. The van der Waals surface area contributed by atoms with Crippen molar-refractivity contribution in [3.05, 3.63) is 30.1 Å². The number of hydrogen-bond acceptors (Lipinski definition) is 12. The lowest BCUT2D eigenvalue weighted by Gasteiger charge is -2.30. The van der Waals surface area contributed by atoms with Gasteiger partial charge >= 0.3 is 14.8 Å². The van der Waals surface area contributed by atoms with Crippen molar-refractivity contribution in [3.63, 3.8) is 0 Å². The second-order valence-corrected chi connectivity index (χ2v) is 10.6. The van der Waals surface area contributed by atoms with Gasteiger partial charge in [0.15, 0.2) is 0 Å². The van der Waals surface area contributed by atoms with Gasteiger partial charge in [0.2, 0.25) is 0 Å². The third-order valence-electron chi connectivity index (χ3n) is 4.89. The van der Waals surface area contributed by atoms with Crippen LogP contribution in [0.2, 0.25) is 6.04 Å². The zero-order valence-electron chi connectivity index (χ0n) is 23.1. The van der Waals surface area contributed by atoms with Gasteiger partial charge in [0.05, 0.1) is 98.0 Å². The first-order valence-corrected chi connectivity index (χ1v) is 14.8. The van der Waals surface area contributed by atoms with Gasteiger partial charge in [-0.25, -0.2) is 0 Å². The van der Waals surface area contributed by atoms with Crippen LogP contribution in [0, 0.1) is 0 Å². The van der Waals surface area contributed by atoms with Crippen molar-refractivity contribution in [2.45, 2.75) is 18.9 Å². The molecule has 0 aliphatic carbocycles. The van der Waals surface area contributed by atoms with E-state index in [0.717, 1.165) is 0 Å². The predicted molar refractivity (Wildman–Crippen MR) is 140 cm³/mol. The average molecular weight is 564 g/mol. The maximum Gasteiger partial charge on any atom is 0.501 e. The summed E-state index contributed by atoms with van der Waals surface area (Å²) in [5, 5.41) is 0. The van der Waals surface area contributed by atoms with Crippen LogP contribution in [-0.2, 0) is 57.7 Å². The fourth-order valence-corrected chi connectivity index (χ4v) is 5.46. The fourth-order valence-electron chi connectivity index (χ4n) is 3.02. The lowest BCUT2D eigenvalue weighted by atomic mass is 10.3. The number of carbonyl (C=O) groups excluding carboxylic acids is 1. The van der Waals surface area contributed by atoms with Crippen LogP contribution in [0.15, 0.2) is 24.4 Å². The standard InChI is InChI=1S/C25H45NO11Si/c1-28-10-13-31-16-19-35-38(36-20-17-32-14-11-29-2,37-21-18-33-15-12-30-3)22-6-9-34-25(27)23-24-7-4-5-8-26-24/h4-5,7-8H,6,9-23H2,1-3H3. The van der Waals surface area contributed by atoms with Crippen LogP contribution in [0.1, 0.15) is 12.1 Å². The average Bonchev–Trinajstić information content (AvgIpc) is 2.93. The van der Waals surface area contributed by atoms with E-state index >= 15 is 0 Å². The lowest BCUT2D eigenvalue weighted by Crippen LogP contribution is -2.48. The topological polar surface area (TPSA) is 122 Å². The molecule has 13 heteroatoms. The third kappa shape index (κ3) is 18.7. The van der Waals surface area contributed by atoms with Gasteiger partial charge in [-0.2, -0.15) is 0 Å². The summed E-state index contributed by atoms with van der Waals surface area (Å²) in [6.45, 7) is 5.00. The molecular weight excluding hydrogens is 518 g/mol. The maximum absolute atomic E-state index is 12.2. The van der Waals surface area contributed by atoms with E-state index in [1.54, 1.807) is 39.7 Å². The van der Waals surface area contributed by atoms with Crippen molar-refractivity contribution in [3.8, 4) is 0 Å². The Morgan fingerprint density at radius 3 is 1.63 bits per heavy atom. The number of pyridine rings is 1. The van der Waals surface area contributed by atoms with Gasteiger partial charge < -0.3 is 46.4 Å². The van der Waals surface area contributed by atoms with Crippen LogP contribution in [0.5, 0.6) is 0 Å². The molecule has 0 radical (unpaired) electrons. The highest BCUT2D eigenvalue weighted by Crippen LogP contribution is 2.19. The molecule has 0 amide bonds. The van der Waals surface area contributed by atoms with E-state index in [2.05, 4.69) is 4.98 Å². The van der Waals surface area contributed by atoms with Crippen molar-refractivity contribution in [1.82, 2.24) is 4.98 Å². The number of hydrogen-bond donors (Lipinski definition) is 0. The molecule has 12 nitrogen and oxygen atoms in total. The predicted octanol–water partition coefficient (Wildman–Crippen LogP) is 1.54. The summed E-state index contributed by atoms with van der Waals surface area (Å²) < 4.78 is 55.6. The molecule has 1 aromatic heterocycles. The monoisotopic (exact) mass is 563 g/mol. The van der Waals surface area contributed by atoms with E-state index in [1.165, 1.54) is 0 Å². The van der Waals surface area contributed by atoms with Gasteiger partial charge in [0, 0.05) is 33.6 Å². The fraction of sp³-hybridized carbons (Fsp3) is 0.760. The molecule has 0 aliphatic rings. The normalized spacial score (nSPS) is 11.7. The summed E-state index contributed by atoms with van der Waals surface area (Å²) in [4.78, 5) is 16.4. The van der Waals surface area contributed by atoms with Gasteiger partial charge in [0.25, 0.3) is 0 Å². The Bertz CT molecular complexity index is 631. The second kappa shape index (κ2) is 24.5. The molecular formula is C25H45NO11Si. The van der Waals surface area contributed by atoms with Crippen molar-refractivity contribution in [1.29, 1.82) is 0 Å². The molecule has 0 saturated carbocycles. The summed E-state index contributed by atoms with van der Waals surface area (Å²) in [7, 11) is 1.67. The summed E-state index contributed by atoms with van der Waals surface area (Å²) >= 11 is 0. The SMILES string of the molecule is COCCOCCO[Si](CCCOC(=O)Cc1ccccn1)(OCCOCCOC)OCCOCCOC.